The van der Waals surface area contributed by atoms with Gasteiger partial charge in [0.1, 0.15) is 5.60 Å². The molecule has 0 radical (unpaired) electrons. The molecule has 2 aliphatic rings. The van der Waals surface area contributed by atoms with Crippen molar-refractivity contribution in [3.63, 3.8) is 0 Å². The molecule has 1 amide bonds. The van der Waals surface area contributed by atoms with Crippen LogP contribution < -0.4 is 10.6 Å². The maximum atomic E-state index is 12.0. The molecule has 0 bridgehead atoms. The Bertz CT molecular complexity index is 474. The molecule has 2 fully saturated rings. The lowest BCUT2D eigenvalue weighted by Gasteiger charge is -2.40. The Labute approximate surface area is 152 Å². The SMILES string of the molecule is CCNC(=NCC(C1CC1)N(C)C)NC1CN(C(=O)OC(C)(C)C)C1. The number of hydrogen-bond acceptors (Lipinski definition) is 4. The van der Waals surface area contributed by atoms with Crippen LogP contribution in [-0.2, 0) is 4.74 Å². The van der Waals surface area contributed by atoms with Crippen LogP contribution in [0.5, 0.6) is 0 Å². The van der Waals surface area contributed by atoms with E-state index in [2.05, 4.69) is 36.6 Å². The molecule has 0 aromatic carbocycles. The maximum absolute atomic E-state index is 12.0. The lowest BCUT2D eigenvalue weighted by Crippen LogP contribution is -2.63. The minimum Gasteiger partial charge on any atom is -0.444 e. The summed E-state index contributed by atoms with van der Waals surface area (Å²) in [6.45, 7) is 10.7. The molecule has 7 nitrogen and oxygen atoms in total. The van der Waals surface area contributed by atoms with Crippen molar-refractivity contribution in [3.05, 3.63) is 0 Å². The van der Waals surface area contributed by atoms with Gasteiger partial charge < -0.3 is 25.2 Å². The first-order valence-corrected chi connectivity index (χ1v) is 9.38. The Balaban J connectivity index is 1.80. The van der Waals surface area contributed by atoms with Crippen LogP contribution >= 0.6 is 0 Å². The van der Waals surface area contributed by atoms with E-state index < -0.39 is 5.60 Å². The number of likely N-dealkylation sites (N-methyl/N-ethyl adjacent to an activating group) is 1. The molecule has 7 heteroatoms. The molecule has 2 rings (SSSR count). The summed E-state index contributed by atoms with van der Waals surface area (Å²) in [6.07, 6.45) is 2.39. The van der Waals surface area contributed by atoms with Gasteiger partial charge in [-0.3, -0.25) is 4.99 Å². The summed E-state index contributed by atoms with van der Waals surface area (Å²) in [5, 5.41) is 6.73. The third-order valence-electron chi connectivity index (χ3n) is 4.48. The second kappa shape index (κ2) is 8.25. The predicted molar refractivity (Wildman–Crippen MR) is 101 cm³/mol. The molecule has 0 aromatic rings. The van der Waals surface area contributed by atoms with Crippen molar-refractivity contribution in [2.45, 2.75) is 58.2 Å². The normalized spacial score (nSPS) is 20.3. The van der Waals surface area contributed by atoms with Crippen LogP contribution in [-0.4, -0.2) is 79.8 Å². The van der Waals surface area contributed by atoms with Gasteiger partial charge in [-0.2, -0.15) is 0 Å². The van der Waals surface area contributed by atoms with Crippen LogP contribution in [0, 0.1) is 5.92 Å². The molecule has 1 aliphatic carbocycles. The zero-order chi connectivity index (χ0) is 18.6. The van der Waals surface area contributed by atoms with Gasteiger partial charge >= 0.3 is 6.09 Å². The first kappa shape index (κ1) is 19.8. The van der Waals surface area contributed by atoms with Crippen molar-refractivity contribution >= 4 is 12.1 Å². The first-order valence-electron chi connectivity index (χ1n) is 9.38. The number of aliphatic imine (C=N–C) groups is 1. The van der Waals surface area contributed by atoms with Gasteiger partial charge in [-0.15, -0.1) is 0 Å². The van der Waals surface area contributed by atoms with E-state index in [0.717, 1.165) is 25.0 Å². The molecule has 25 heavy (non-hydrogen) atoms. The van der Waals surface area contributed by atoms with Crippen LogP contribution in [0.25, 0.3) is 0 Å². The van der Waals surface area contributed by atoms with Crippen molar-refractivity contribution < 1.29 is 9.53 Å². The lowest BCUT2D eigenvalue weighted by molar-refractivity contribution is 0.00700. The van der Waals surface area contributed by atoms with E-state index in [1.165, 1.54) is 12.8 Å². The van der Waals surface area contributed by atoms with Crippen molar-refractivity contribution in [1.29, 1.82) is 0 Å². The van der Waals surface area contributed by atoms with Crippen molar-refractivity contribution in [3.8, 4) is 0 Å². The summed E-state index contributed by atoms with van der Waals surface area (Å²) in [4.78, 5) is 20.8. The molecule has 0 spiro atoms. The highest BCUT2D eigenvalue weighted by molar-refractivity contribution is 5.80. The molecule has 1 aliphatic heterocycles. The number of nitrogens with one attached hydrogen (secondary N) is 2. The second-order valence-electron chi connectivity index (χ2n) is 8.31. The molecule has 0 aromatic heterocycles. The van der Waals surface area contributed by atoms with E-state index in [-0.39, 0.29) is 12.1 Å². The first-order chi connectivity index (χ1) is 11.7. The molecule has 1 unspecified atom stereocenters. The van der Waals surface area contributed by atoms with E-state index in [0.29, 0.717) is 19.1 Å². The fraction of sp³-hybridized carbons (Fsp3) is 0.889. The molecule has 144 valence electrons. The summed E-state index contributed by atoms with van der Waals surface area (Å²) in [5.74, 6) is 1.62. The minimum atomic E-state index is -0.448. The smallest absolute Gasteiger partial charge is 0.410 e. The molecule has 1 heterocycles. The van der Waals surface area contributed by atoms with Gasteiger partial charge in [0.2, 0.25) is 0 Å². The Morgan fingerprint density at radius 3 is 2.44 bits per heavy atom. The van der Waals surface area contributed by atoms with Crippen LogP contribution in [0.2, 0.25) is 0 Å². The Kier molecular flexibility index (Phi) is 6.54. The Morgan fingerprint density at radius 1 is 1.32 bits per heavy atom. The van der Waals surface area contributed by atoms with Crippen LogP contribution in [0.15, 0.2) is 4.99 Å². The quantitative estimate of drug-likeness (QED) is 0.559. The van der Waals surface area contributed by atoms with E-state index in [1.54, 1.807) is 4.90 Å². The Hall–Kier alpha value is -1.50. The van der Waals surface area contributed by atoms with Crippen molar-refractivity contribution in [2.75, 3.05) is 40.3 Å². The van der Waals surface area contributed by atoms with Gasteiger partial charge in [0.15, 0.2) is 5.96 Å². The summed E-state index contributed by atoms with van der Waals surface area (Å²) >= 11 is 0. The number of carbonyl (C=O) groups is 1. The summed E-state index contributed by atoms with van der Waals surface area (Å²) in [6, 6.07) is 0.735. The number of guanidine groups is 1. The monoisotopic (exact) mass is 353 g/mol. The van der Waals surface area contributed by atoms with Crippen LogP contribution in [0.3, 0.4) is 0 Å². The molecule has 1 atom stereocenters. The maximum Gasteiger partial charge on any atom is 0.410 e. The van der Waals surface area contributed by atoms with Gasteiger partial charge in [0, 0.05) is 25.7 Å². The zero-order valence-electron chi connectivity index (χ0n) is 16.6. The number of carbonyl (C=O) groups excluding carboxylic acids is 1. The number of amides is 1. The van der Waals surface area contributed by atoms with Gasteiger partial charge in [-0.25, -0.2) is 4.79 Å². The molecule has 1 saturated heterocycles. The third-order valence-corrected chi connectivity index (χ3v) is 4.48. The highest BCUT2D eigenvalue weighted by Gasteiger charge is 2.35. The molecular weight excluding hydrogens is 318 g/mol. The predicted octanol–water partition coefficient (Wildman–Crippen LogP) is 1.50. The minimum absolute atomic E-state index is 0.226. The fourth-order valence-corrected chi connectivity index (χ4v) is 2.96. The molecule has 1 saturated carbocycles. The van der Waals surface area contributed by atoms with Crippen molar-refractivity contribution in [2.24, 2.45) is 10.9 Å². The van der Waals surface area contributed by atoms with E-state index in [9.17, 15) is 4.79 Å². The fourth-order valence-electron chi connectivity index (χ4n) is 2.96. The second-order valence-corrected chi connectivity index (χ2v) is 8.31. The number of nitrogens with zero attached hydrogens (tertiary/aromatic N) is 3. The number of rotatable bonds is 6. The Morgan fingerprint density at radius 2 is 1.96 bits per heavy atom. The standard InChI is InChI=1S/C18H35N5O2/c1-7-19-16(20-10-15(22(5)6)13-8-9-13)21-14-11-23(12-14)17(24)25-18(2,3)4/h13-15H,7-12H2,1-6H3,(H2,19,20,21). The highest BCUT2D eigenvalue weighted by Crippen LogP contribution is 2.34. The number of hydrogen-bond donors (Lipinski definition) is 2. The summed E-state index contributed by atoms with van der Waals surface area (Å²) in [5.41, 5.74) is -0.448. The van der Waals surface area contributed by atoms with Gasteiger partial charge in [-0.1, -0.05) is 0 Å². The lowest BCUT2D eigenvalue weighted by atomic mass is 10.1. The van der Waals surface area contributed by atoms with Crippen molar-refractivity contribution in [1.82, 2.24) is 20.4 Å². The topological polar surface area (TPSA) is 69.2 Å². The number of ether oxygens (including phenoxy) is 1. The highest BCUT2D eigenvalue weighted by atomic mass is 16.6. The van der Waals surface area contributed by atoms with E-state index in [1.807, 2.05) is 20.8 Å². The average Bonchev–Trinajstić information content (AvgIpc) is 3.24. The molecule has 2 N–H and O–H groups in total. The third kappa shape index (κ3) is 6.38. The van der Waals surface area contributed by atoms with Gasteiger partial charge in [0.05, 0.1) is 12.6 Å². The van der Waals surface area contributed by atoms with E-state index >= 15 is 0 Å². The van der Waals surface area contributed by atoms with Gasteiger partial charge in [-0.05, 0) is 60.5 Å². The van der Waals surface area contributed by atoms with Crippen LogP contribution in [0.1, 0.15) is 40.5 Å². The van der Waals surface area contributed by atoms with E-state index in [4.69, 9.17) is 9.73 Å². The summed E-state index contributed by atoms with van der Waals surface area (Å²) in [7, 11) is 4.26. The van der Waals surface area contributed by atoms with Gasteiger partial charge in [0.25, 0.3) is 0 Å². The largest absolute Gasteiger partial charge is 0.444 e. The summed E-state index contributed by atoms with van der Waals surface area (Å²) < 4.78 is 5.39. The number of likely N-dealkylation sites (tertiary alicyclic amines) is 1. The van der Waals surface area contributed by atoms with Crippen LogP contribution in [0.4, 0.5) is 4.79 Å². The average molecular weight is 354 g/mol. The zero-order valence-corrected chi connectivity index (χ0v) is 16.6. The molecular formula is C18H35N5O2.